The molecule has 0 N–H and O–H groups in total. The third-order valence-electron chi connectivity index (χ3n) is 5.07. The lowest BCUT2D eigenvalue weighted by atomic mass is 10.0. The van der Waals surface area contributed by atoms with E-state index in [0.29, 0.717) is 11.4 Å². The summed E-state index contributed by atoms with van der Waals surface area (Å²) < 4.78 is 6.94. The topological polar surface area (TPSA) is 56.5 Å². The first kappa shape index (κ1) is 19.3. The van der Waals surface area contributed by atoms with Gasteiger partial charge in [0.2, 0.25) is 0 Å². The van der Waals surface area contributed by atoms with E-state index in [2.05, 4.69) is 23.2 Å². The molecule has 0 saturated heterocycles. The van der Waals surface area contributed by atoms with Gasteiger partial charge in [-0.3, -0.25) is 9.20 Å². The van der Waals surface area contributed by atoms with Crippen molar-refractivity contribution in [2.75, 3.05) is 7.11 Å². The number of nitrogens with zero attached hydrogens (tertiary/aromatic N) is 3. The summed E-state index contributed by atoms with van der Waals surface area (Å²) in [6.07, 6.45) is 1.73. The molecule has 5 nitrogen and oxygen atoms in total. The zero-order valence-electron chi connectivity index (χ0n) is 16.9. The molecule has 0 fully saturated rings. The van der Waals surface area contributed by atoms with E-state index in [9.17, 15) is 4.79 Å². The van der Waals surface area contributed by atoms with E-state index in [-0.39, 0.29) is 5.56 Å². The maximum atomic E-state index is 12.4. The van der Waals surface area contributed by atoms with Crippen LogP contribution in [0, 0.1) is 0 Å². The number of thioether (sulfide) groups is 1. The highest BCUT2D eigenvalue weighted by Gasteiger charge is 2.11. The van der Waals surface area contributed by atoms with Crippen molar-refractivity contribution in [3.8, 4) is 16.9 Å². The van der Waals surface area contributed by atoms with E-state index in [0.717, 1.165) is 38.5 Å². The first-order valence-corrected chi connectivity index (χ1v) is 10.8. The average molecular weight is 426 g/mol. The molecule has 3 heterocycles. The fourth-order valence-electron chi connectivity index (χ4n) is 3.57. The van der Waals surface area contributed by atoms with Crippen molar-refractivity contribution in [1.29, 1.82) is 0 Å². The van der Waals surface area contributed by atoms with Gasteiger partial charge in [0.1, 0.15) is 11.4 Å². The first-order chi connectivity index (χ1) is 15.2. The number of pyridine rings is 2. The summed E-state index contributed by atoms with van der Waals surface area (Å²) in [6.45, 7) is 0. The van der Waals surface area contributed by atoms with E-state index in [4.69, 9.17) is 9.72 Å². The minimum atomic E-state index is -0.0811. The Balaban J connectivity index is 1.54. The summed E-state index contributed by atoms with van der Waals surface area (Å²) >= 11 is 1.57. The SMILES string of the molecule is COc1ccc2c(-c3ccccc3)cc(SCc3cc(=O)n4ccccc4n3)nc2c1. The predicted molar refractivity (Wildman–Crippen MR) is 125 cm³/mol. The fraction of sp³-hybridized carbons (Fsp3) is 0.0800. The number of ether oxygens (including phenoxy) is 1. The normalized spacial score (nSPS) is 11.1. The number of aromatic nitrogens is 3. The van der Waals surface area contributed by atoms with Crippen molar-refractivity contribution in [2.45, 2.75) is 10.8 Å². The number of hydrogen-bond donors (Lipinski definition) is 0. The Bertz CT molecular complexity index is 1450. The van der Waals surface area contributed by atoms with Crippen molar-refractivity contribution < 1.29 is 4.74 Å². The van der Waals surface area contributed by atoms with E-state index in [1.165, 1.54) is 0 Å². The molecule has 3 aromatic heterocycles. The Labute approximate surface area is 183 Å². The molecule has 0 aliphatic carbocycles. The highest BCUT2D eigenvalue weighted by Crippen LogP contribution is 2.34. The van der Waals surface area contributed by atoms with Crippen LogP contribution in [-0.2, 0) is 5.75 Å². The lowest BCUT2D eigenvalue weighted by Crippen LogP contribution is -2.14. The summed E-state index contributed by atoms with van der Waals surface area (Å²) in [7, 11) is 1.65. The van der Waals surface area contributed by atoms with Crippen molar-refractivity contribution in [2.24, 2.45) is 0 Å². The molecule has 2 aromatic carbocycles. The van der Waals surface area contributed by atoms with Gasteiger partial charge in [0.05, 0.1) is 23.3 Å². The van der Waals surface area contributed by atoms with Crippen molar-refractivity contribution >= 4 is 28.3 Å². The second kappa shape index (κ2) is 8.24. The van der Waals surface area contributed by atoms with Gasteiger partial charge in [0.25, 0.3) is 5.56 Å². The van der Waals surface area contributed by atoms with Crippen molar-refractivity contribution in [1.82, 2.24) is 14.4 Å². The Morgan fingerprint density at radius 2 is 1.77 bits per heavy atom. The van der Waals surface area contributed by atoms with E-state index >= 15 is 0 Å². The molecular formula is C25H19N3O2S. The minimum Gasteiger partial charge on any atom is -0.497 e. The van der Waals surface area contributed by atoms with Crippen LogP contribution in [-0.4, -0.2) is 21.5 Å². The van der Waals surface area contributed by atoms with Crippen LogP contribution in [0.15, 0.2) is 94.9 Å². The van der Waals surface area contributed by atoms with Crippen LogP contribution < -0.4 is 10.3 Å². The van der Waals surface area contributed by atoms with Gasteiger partial charge in [0, 0.05) is 29.5 Å². The molecule has 5 rings (SSSR count). The van der Waals surface area contributed by atoms with Crippen molar-refractivity contribution in [3.05, 3.63) is 101 Å². The quantitative estimate of drug-likeness (QED) is 0.362. The van der Waals surface area contributed by atoms with Gasteiger partial charge >= 0.3 is 0 Å². The lowest BCUT2D eigenvalue weighted by molar-refractivity contribution is 0.415. The lowest BCUT2D eigenvalue weighted by Gasteiger charge is -2.11. The molecule has 152 valence electrons. The highest BCUT2D eigenvalue weighted by molar-refractivity contribution is 7.98. The monoisotopic (exact) mass is 425 g/mol. The Morgan fingerprint density at radius 1 is 0.935 bits per heavy atom. The molecule has 6 heteroatoms. The average Bonchev–Trinajstić information content (AvgIpc) is 2.82. The highest BCUT2D eigenvalue weighted by atomic mass is 32.2. The first-order valence-electron chi connectivity index (χ1n) is 9.85. The summed E-state index contributed by atoms with van der Waals surface area (Å²) in [6, 6.07) is 25.4. The zero-order valence-corrected chi connectivity index (χ0v) is 17.7. The molecule has 5 aromatic rings. The van der Waals surface area contributed by atoms with Crippen molar-refractivity contribution in [3.63, 3.8) is 0 Å². The molecule has 0 spiro atoms. The van der Waals surface area contributed by atoms with Crippen LogP contribution in [0.5, 0.6) is 5.75 Å². The second-order valence-corrected chi connectivity index (χ2v) is 8.06. The number of rotatable bonds is 5. The summed E-state index contributed by atoms with van der Waals surface area (Å²) in [5, 5.41) is 1.94. The fourth-order valence-corrected chi connectivity index (χ4v) is 4.37. The van der Waals surface area contributed by atoms with Crippen LogP contribution in [0.3, 0.4) is 0 Å². The Hall–Kier alpha value is -3.64. The maximum absolute atomic E-state index is 12.4. The van der Waals surface area contributed by atoms with E-state index < -0.39 is 0 Å². The minimum absolute atomic E-state index is 0.0811. The number of fused-ring (bicyclic) bond motifs is 2. The third-order valence-corrected chi connectivity index (χ3v) is 6.02. The molecular weight excluding hydrogens is 406 g/mol. The van der Waals surface area contributed by atoms with Crippen LogP contribution in [0.25, 0.3) is 27.7 Å². The Morgan fingerprint density at radius 3 is 2.61 bits per heavy atom. The molecule has 0 aliphatic rings. The molecule has 0 unspecified atom stereocenters. The van der Waals surface area contributed by atoms with Crippen LogP contribution in [0.4, 0.5) is 0 Å². The number of benzene rings is 2. The summed E-state index contributed by atoms with van der Waals surface area (Å²) in [5.74, 6) is 1.32. The molecule has 0 aliphatic heterocycles. The van der Waals surface area contributed by atoms with Gasteiger partial charge in [-0.25, -0.2) is 9.97 Å². The van der Waals surface area contributed by atoms with Gasteiger partial charge in [-0.15, -0.1) is 0 Å². The van der Waals surface area contributed by atoms with E-state index in [1.807, 2.05) is 54.6 Å². The zero-order chi connectivity index (χ0) is 21.2. The standard InChI is InChI=1S/C25H19N3O2S/c1-30-19-10-11-20-21(17-7-3-2-4-8-17)15-24(27-22(20)14-19)31-16-18-13-25(29)28-12-6-5-9-23(28)26-18/h2-15H,16H2,1H3. The maximum Gasteiger partial charge on any atom is 0.258 e. The van der Waals surface area contributed by atoms with Crippen LogP contribution in [0.1, 0.15) is 5.69 Å². The van der Waals surface area contributed by atoms with E-state index in [1.54, 1.807) is 35.5 Å². The number of methoxy groups -OCH3 is 1. The molecule has 31 heavy (non-hydrogen) atoms. The molecule has 0 saturated carbocycles. The van der Waals surface area contributed by atoms with Crippen LogP contribution in [0.2, 0.25) is 0 Å². The largest absolute Gasteiger partial charge is 0.497 e. The second-order valence-electron chi connectivity index (χ2n) is 7.06. The molecule has 0 atom stereocenters. The van der Waals surface area contributed by atoms with Gasteiger partial charge in [-0.1, -0.05) is 48.2 Å². The molecule has 0 bridgehead atoms. The van der Waals surface area contributed by atoms with Gasteiger partial charge in [-0.2, -0.15) is 0 Å². The smallest absolute Gasteiger partial charge is 0.258 e. The predicted octanol–water partition coefficient (Wildman–Crippen LogP) is 5.21. The molecule has 0 radical (unpaired) electrons. The molecule has 0 amide bonds. The van der Waals surface area contributed by atoms with Gasteiger partial charge in [0.15, 0.2) is 0 Å². The third kappa shape index (κ3) is 3.90. The van der Waals surface area contributed by atoms with Crippen LogP contribution >= 0.6 is 11.8 Å². The number of hydrogen-bond acceptors (Lipinski definition) is 5. The Kier molecular flexibility index (Phi) is 5.14. The van der Waals surface area contributed by atoms with Gasteiger partial charge < -0.3 is 4.74 Å². The summed E-state index contributed by atoms with van der Waals surface area (Å²) in [5.41, 5.74) is 4.41. The summed E-state index contributed by atoms with van der Waals surface area (Å²) in [4.78, 5) is 21.8. The van der Waals surface area contributed by atoms with Gasteiger partial charge in [-0.05, 0) is 41.5 Å².